The van der Waals surface area contributed by atoms with Gasteiger partial charge in [-0.05, 0) is 36.4 Å². The molecule has 1 unspecified atom stereocenters. The van der Waals surface area contributed by atoms with Gasteiger partial charge >= 0.3 is 12.1 Å². The zero-order valence-electron chi connectivity index (χ0n) is 22.6. The lowest BCUT2D eigenvalue weighted by atomic mass is 9.96. The van der Waals surface area contributed by atoms with Crippen molar-refractivity contribution in [1.29, 1.82) is 0 Å². The van der Waals surface area contributed by atoms with Crippen molar-refractivity contribution < 1.29 is 40.6 Å². The van der Waals surface area contributed by atoms with E-state index in [1.807, 2.05) is 4.90 Å². The lowest BCUT2D eigenvalue weighted by Crippen LogP contribution is -2.55. The van der Waals surface area contributed by atoms with Crippen LogP contribution in [0.4, 0.5) is 43.4 Å². The highest BCUT2D eigenvalue weighted by atomic mass is 19.4. The summed E-state index contributed by atoms with van der Waals surface area (Å²) in [6.07, 6.45) is -5.02. The number of esters is 1. The Morgan fingerprint density at radius 2 is 1.62 bits per heavy atom. The molecular weight excluding hydrogens is 566 g/mol. The second-order valence-corrected chi connectivity index (χ2v) is 9.71. The lowest BCUT2D eigenvalue weighted by molar-refractivity contribution is -0.141. The highest BCUT2D eigenvalue weighted by molar-refractivity contribution is 6.02. The van der Waals surface area contributed by atoms with Gasteiger partial charge in [-0.3, -0.25) is 4.79 Å². The van der Waals surface area contributed by atoms with Crippen molar-refractivity contribution in [1.82, 2.24) is 4.90 Å². The van der Waals surface area contributed by atoms with Crippen LogP contribution < -0.4 is 14.5 Å². The molecule has 3 aromatic carbocycles. The molecule has 1 saturated heterocycles. The monoisotopic (exact) mass is 592 g/mol. The zero-order valence-corrected chi connectivity index (χ0v) is 22.6. The standard InChI is InChI=1S/C29H26F6N4O3/c1-41-25-9-6-17(29(33,34)35)14-24(25)39-23(16-26(40)42-2)19-4-3-5-21(31)27(19)36-28(39)38-12-10-37(11-13-38)18-7-8-20(30)22(32)15-18/h3-9,14-15,23H,10-13,16H2,1-2H3. The fraction of sp³-hybridized carbons (Fsp3) is 0.310. The fourth-order valence-electron chi connectivity index (χ4n) is 5.19. The Balaban J connectivity index is 1.61. The van der Waals surface area contributed by atoms with Gasteiger partial charge < -0.3 is 24.2 Å². The summed E-state index contributed by atoms with van der Waals surface area (Å²) in [5.41, 5.74) is -0.299. The van der Waals surface area contributed by atoms with Gasteiger partial charge in [-0.25, -0.2) is 18.2 Å². The van der Waals surface area contributed by atoms with Gasteiger partial charge in [0.1, 0.15) is 17.3 Å². The maximum absolute atomic E-state index is 15.1. The molecule has 2 aliphatic rings. The number of nitrogens with zero attached hydrogens (tertiary/aromatic N) is 4. The van der Waals surface area contributed by atoms with Crippen LogP contribution in [0.5, 0.6) is 5.75 Å². The number of alkyl halides is 3. The number of fused-ring (bicyclic) bond motifs is 1. The largest absolute Gasteiger partial charge is 0.495 e. The number of rotatable bonds is 5. The van der Waals surface area contributed by atoms with E-state index in [0.29, 0.717) is 18.8 Å². The van der Waals surface area contributed by atoms with Crippen LogP contribution in [0.25, 0.3) is 0 Å². The molecule has 0 spiro atoms. The van der Waals surface area contributed by atoms with E-state index < -0.39 is 41.2 Å². The summed E-state index contributed by atoms with van der Waals surface area (Å²) in [7, 11) is 2.48. The van der Waals surface area contributed by atoms with E-state index >= 15 is 4.39 Å². The molecule has 2 heterocycles. The Kier molecular flexibility index (Phi) is 7.93. The molecule has 2 aliphatic heterocycles. The Hall–Kier alpha value is -4.42. The van der Waals surface area contributed by atoms with Crippen LogP contribution in [0.15, 0.2) is 59.6 Å². The van der Waals surface area contributed by atoms with Gasteiger partial charge in [0, 0.05) is 43.5 Å². The Morgan fingerprint density at radius 1 is 0.905 bits per heavy atom. The van der Waals surface area contributed by atoms with Crippen molar-refractivity contribution in [3.05, 3.63) is 83.2 Å². The molecule has 0 amide bonds. The van der Waals surface area contributed by atoms with Crippen LogP contribution in [0, 0.1) is 17.5 Å². The first kappa shape index (κ1) is 29.1. The van der Waals surface area contributed by atoms with Crippen LogP contribution in [0.3, 0.4) is 0 Å². The predicted molar refractivity (Wildman–Crippen MR) is 143 cm³/mol. The number of aliphatic imine (C=N–C) groups is 1. The second-order valence-electron chi connectivity index (χ2n) is 9.71. The number of guanidine groups is 1. The Bertz CT molecular complexity index is 1520. The first-order chi connectivity index (χ1) is 20.0. The zero-order chi connectivity index (χ0) is 30.2. The number of halogens is 6. The minimum absolute atomic E-state index is 0.0297. The third kappa shape index (κ3) is 5.55. The van der Waals surface area contributed by atoms with Gasteiger partial charge in [0.15, 0.2) is 11.6 Å². The van der Waals surface area contributed by atoms with Crippen molar-refractivity contribution in [2.24, 2.45) is 4.99 Å². The van der Waals surface area contributed by atoms with E-state index in [9.17, 15) is 26.7 Å². The highest BCUT2D eigenvalue weighted by Crippen LogP contribution is 2.46. The molecular formula is C29H26F6N4O3. The summed E-state index contributed by atoms with van der Waals surface area (Å²) in [4.78, 5) is 22.2. The molecule has 0 bridgehead atoms. The summed E-state index contributed by atoms with van der Waals surface area (Å²) < 4.78 is 94.4. The molecule has 3 aromatic rings. The lowest BCUT2D eigenvalue weighted by Gasteiger charge is -2.45. The molecule has 5 rings (SSSR count). The van der Waals surface area contributed by atoms with E-state index in [2.05, 4.69) is 4.99 Å². The molecule has 0 aliphatic carbocycles. The number of para-hydroxylation sites is 1. The van der Waals surface area contributed by atoms with Crippen molar-refractivity contribution in [2.75, 3.05) is 50.2 Å². The molecule has 1 atom stereocenters. The molecule has 1 fully saturated rings. The third-order valence-corrected chi connectivity index (χ3v) is 7.30. The van der Waals surface area contributed by atoms with Crippen LogP contribution in [-0.4, -0.2) is 57.2 Å². The average Bonchev–Trinajstić information content (AvgIpc) is 2.98. The average molecular weight is 593 g/mol. The molecule has 222 valence electrons. The smallest absolute Gasteiger partial charge is 0.416 e. The predicted octanol–water partition coefficient (Wildman–Crippen LogP) is 6.07. The molecule has 0 saturated carbocycles. The maximum atomic E-state index is 15.1. The molecule has 0 N–H and O–H groups in total. The van der Waals surface area contributed by atoms with Crippen molar-refractivity contribution in [3.8, 4) is 5.75 Å². The summed E-state index contributed by atoms with van der Waals surface area (Å²) in [5, 5.41) is 0. The first-order valence-corrected chi connectivity index (χ1v) is 12.9. The van der Waals surface area contributed by atoms with Crippen LogP contribution in [-0.2, 0) is 15.7 Å². The number of hydrogen-bond acceptors (Lipinski definition) is 7. The van der Waals surface area contributed by atoms with E-state index in [-0.39, 0.29) is 48.2 Å². The number of methoxy groups -OCH3 is 2. The minimum atomic E-state index is -4.69. The van der Waals surface area contributed by atoms with E-state index in [0.717, 1.165) is 24.3 Å². The van der Waals surface area contributed by atoms with Gasteiger partial charge in [0.2, 0.25) is 5.96 Å². The molecule has 7 nitrogen and oxygen atoms in total. The number of carbonyl (C=O) groups is 1. The van der Waals surface area contributed by atoms with Gasteiger partial charge in [-0.1, -0.05) is 12.1 Å². The van der Waals surface area contributed by atoms with Crippen LogP contribution >= 0.6 is 0 Å². The Labute approximate surface area is 237 Å². The second kappa shape index (κ2) is 11.5. The first-order valence-electron chi connectivity index (χ1n) is 12.9. The van der Waals surface area contributed by atoms with Gasteiger partial charge in [-0.15, -0.1) is 0 Å². The number of anilines is 2. The van der Waals surface area contributed by atoms with Gasteiger partial charge in [0.05, 0.1) is 37.9 Å². The SMILES string of the molecule is COC(=O)CC1c2cccc(F)c2N=C(N2CCN(c3ccc(F)c(F)c3)CC2)N1c1cc(C(F)(F)F)ccc1OC. The number of piperazine rings is 1. The number of ether oxygens (including phenoxy) is 2. The van der Waals surface area contributed by atoms with Gasteiger partial charge in [-0.2, -0.15) is 13.2 Å². The fourth-order valence-corrected chi connectivity index (χ4v) is 5.19. The van der Waals surface area contributed by atoms with Crippen molar-refractivity contribution in [2.45, 2.75) is 18.6 Å². The summed E-state index contributed by atoms with van der Waals surface area (Å²) in [6.45, 7) is 1.10. The number of benzene rings is 3. The highest BCUT2D eigenvalue weighted by Gasteiger charge is 2.40. The van der Waals surface area contributed by atoms with Crippen molar-refractivity contribution in [3.63, 3.8) is 0 Å². The van der Waals surface area contributed by atoms with Gasteiger partial charge in [0.25, 0.3) is 0 Å². The minimum Gasteiger partial charge on any atom is -0.495 e. The van der Waals surface area contributed by atoms with E-state index in [4.69, 9.17) is 9.47 Å². The molecule has 0 radical (unpaired) electrons. The summed E-state index contributed by atoms with van der Waals surface area (Å²) in [6, 6.07) is 9.71. The Morgan fingerprint density at radius 3 is 2.26 bits per heavy atom. The third-order valence-electron chi connectivity index (χ3n) is 7.30. The van der Waals surface area contributed by atoms with Crippen molar-refractivity contribution >= 4 is 29.0 Å². The quantitative estimate of drug-likeness (QED) is 0.265. The van der Waals surface area contributed by atoms with E-state index in [1.54, 1.807) is 11.0 Å². The number of carbonyl (C=O) groups excluding carboxylic acids is 1. The van der Waals surface area contributed by atoms with Crippen LogP contribution in [0.1, 0.15) is 23.6 Å². The molecule has 42 heavy (non-hydrogen) atoms. The van der Waals surface area contributed by atoms with E-state index in [1.165, 1.54) is 43.4 Å². The normalized spacial score (nSPS) is 17.1. The molecule has 13 heteroatoms. The number of hydrogen-bond donors (Lipinski definition) is 0. The maximum Gasteiger partial charge on any atom is 0.416 e. The summed E-state index contributed by atoms with van der Waals surface area (Å²) >= 11 is 0. The topological polar surface area (TPSA) is 57.6 Å². The van der Waals surface area contributed by atoms with Crippen LogP contribution in [0.2, 0.25) is 0 Å². The summed E-state index contributed by atoms with van der Waals surface area (Å²) in [5.74, 6) is -3.13. The molecule has 0 aromatic heterocycles.